The zero-order valence-corrected chi connectivity index (χ0v) is 20.5. The molecule has 1 aliphatic heterocycles. The van der Waals surface area contributed by atoms with Crippen LogP contribution in [0.5, 0.6) is 0 Å². The number of aromatic nitrogens is 4. The number of phosphoric acid groups is 3. The summed E-state index contributed by atoms with van der Waals surface area (Å²) in [4.78, 5) is 57.2. The van der Waals surface area contributed by atoms with Crippen LogP contribution in [-0.4, -0.2) is 74.2 Å². The molecule has 3 rings (SSSR count). The Bertz CT molecular complexity index is 1170. The van der Waals surface area contributed by atoms with Gasteiger partial charge >= 0.3 is 53.0 Å². The first-order valence-electron chi connectivity index (χ1n) is 7.89. The van der Waals surface area contributed by atoms with E-state index in [9.17, 15) is 33.6 Å². The van der Waals surface area contributed by atoms with Crippen molar-refractivity contribution in [3.63, 3.8) is 0 Å². The van der Waals surface area contributed by atoms with E-state index in [1.165, 1.54) is 0 Å². The van der Waals surface area contributed by atoms with E-state index < -0.39 is 60.2 Å². The minimum absolute atomic E-state index is 0. The summed E-state index contributed by atoms with van der Waals surface area (Å²) in [7, 11) is -16.7. The summed E-state index contributed by atoms with van der Waals surface area (Å²) in [5.74, 6) is 0. The quantitative estimate of drug-likeness (QED) is 0.124. The summed E-state index contributed by atoms with van der Waals surface area (Å²) in [5, 5.41) is 20.3. The molecule has 174 valence electrons. The Balaban J connectivity index is 0.00000363. The molecule has 6 atom stereocenters. The van der Waals surface area contributed by atoms with E-state index in [0.29, 0.717) is 0 Å². The third-order valence-electron chi connectivity index (χ3n) is 3.79. The molecule has 0 radical (unpaired) electrons. The average Bonchev–Trinajstić information content (AvgIpc) is 3.13. The molecular weight excluding hydrogens is 516 g/mol. The Labute approximate surface area is 198 Å². The van der Waals surface area contributed by atoms with Gasteiger partial charge in [0.2, 0.25) is 0 Å². The largest absolute Gasteiger partial charge is 1.00 e. The fourth-order valence-electron chi connectivity index (χ4n) is 2.62. The van der Waals surface area contributed by atoms with Gasteiger partial charge in [-0.25, -0.2) is 23.7 Å². The number of hydrogen-bond acceptors (Lipinski definition) is 12. The fraction of sp³-hybridized carbons (Fsp3) is 0.500. The van der Waals surface area contributed by atoms with E-state index in [1.54, 1.807) is 0 Å². The number of ether oxygens (including phenoxy) is 1. The first-order chi connectivity index (χ1) is 14.2. The van der Waals surface area contributed by atoms with Gasteiger partial charge in [0.15, 0.2) is 17.4 Å². The van der Waals surface area contributed by atoms with Crippen molar-refractivity contribution >= 4 is 34.6 Å². The number of imidazole rings is 1. The van der Waals surface area contributed by atoms with Crippen molar-refractivity contribution in [1.29, 1.82) is 0 Å². The Kier molecular flexibility index (Phi) is 8.80. The molecule has 1 saturated heterocycles. The molecule has 18 nitrogen and oxygen atoms in total. The van der Waals surface area contributed by atoms with Gasteiger partial charge in [0, 0.05) is 0 Å². The molecule has 6 unspecified atom stereocenters. The number of nitrogens with one attached hydrogen (secondary N) is 1. The van der Waals surface area contributed by atoms with Crippen molar-refractivity contribution in [2.24, 2.45) is 0 Å². The van der Waals surface area contributed by atoms with E-state index in [1.807, 2.05) is 0 Å². The first-order valence-corrected chi connectivity index (χ1v) is 12.4. The molecule has 3 heterocycles. The van der Waals surface area contributed by atoms with Crippen molar-refractivity contribution in [3.8, 4) is 0 Å². The average molecular weight is 531 g/mol. The van der Waals surface area contributed by atoms with Crippen molar-refractivity contribution in [3.05, 3.63) is 23.0 Å². The van der Waals surface area contributed by atoms with Crippen LogP contribution in [-0.2, 0) is 31.6 Å². The molecule has 0 spiro atoms. The summed E-state index contributed by atoms with van der Waals surface area (Å²) in [6.45, 7) is -0.987. The second-order valence-corrected chi connectivity index (χ2v) is 10.4. The predicted octanol–water partition coefficient (Wildman–Crippen LogP) is -4.91. The van der Waals surface area contributed by atoms with Gasteiger partial charge in [0.1, 0.15) is 18.3 Å². The second kappa shape index (κ2) is 10.1. The summed E-state index contributed by atoms with van der Waals surface area (Å²) in [6.07, 6.45) is -4.05. The number of rotatable bonds is 8. The molecule has 1 fully saturated rings. The molecule has 0 aliphatic carbocycles. The second-order valence-electron chi connectivity index (χ2n) is 5.99. The van der Waals surface area contributed by atoms with Crippen LogP contribution >= 0.6 is 23.5 Å². The molecule has 0 saturated carbocycles. The SMILES string of the molecule is O=c1[nH]cnc2c1ncn2C1OC(COP(=O)(O)OP(=O)(O)OP(=O)(O)O)C(O)C1O.[Na+]. The van der Waals surface area contributed by atoms with Gasteiger partial charge in [-0.2, -0.15) is 8.62 Å². The number of nitrogens with zero attached hydrogens (tertiary/aromatic N) is 3. The maximum absolute atomic E-state index is 11.8. The van der Waals surface area contributed by atoms with Gasteiger partial charge in [0.05, 0.1) is 19.3 Å². The van der Waals surface area contributed by atoms with Crippen molar-refractivity contribution in [2.75, 3.05) is 6.61 Å². The Morgan fingerprint density at radius 3 is 2.34 bits per heavy atom. The normalized spacial score (nSPS) is 27.6. The number of fused-ring (bicyclic) bond motifs is 1. The fourth-order valence-corrected chi connectivity index (χ4v) is 5.65. The number of aliphatic hydroxyl groups excluding tert-OH is 2. The van der Waals surface area contributed by atoms with Gasteiger partial charge in [-0.05, 0) is 0 Å². The number of aliphatic hydroxyl groups is 2. The Morgan fingerprint density at radius 2 is 1.72 bits per heavy atom. The van der Waals surface area contributed by atoms with E-state index in [4.69, 9.17) is 19.4 Å². The monoisotopic (exact) mass is 531 g/mol. The number of aromatic amines is 1. The van der Waals surface area contributed by atoms with Crippen LogP contribution in [0.4, 0.5) is 0 Å². The van der Waals surface area contributed by atoms with Crippen LogP contribution in [0.25, 0.3) is 11.2 Å². The molecule has 7 N–H and O–H groups in total. The van der Waals surface area contributed by atoms with Crippen LogP contribution in [0, 0.1) is 0 Å². The van der Waals surface area contributed by atoms with Gasteiger partial charge < -0.3 is 39.5 Å². The standard InChI is InChI=1S/C10H15N4O14P3.Na/c15-6-4(1-25-30(21,22)28-31(23,24)27-29(18,19)20)26-10(7(6)16)14-3-13-5-8(14)11-2-12-9(5)17;/h2-4,6-7,10,15-16H,1H2,(H,21,22)(H,23,24)(H,11,12,17)(H2,18,19,20);/q;+1. The molecule has 1 aliphatic rings. The van der Waals surface area contributed by atoms with Crippen LogP contribution in [0.1, 0.15) is 6.23 Å². The summed E-state index contributed by atoms with van der Waals surface area (Å²) < 4.78 is 51.6. The van der Waals surface area contributed by atoms with Crippen LogP contribution in [0.2, 0.25) is 0 Å². The molecule has 22 heteroatoms. The molecule has 0 aromatic carbocycles. The number of phosphoric ester groups is 1. The van der Waals surface area contributed by atoms with E-state index >= 15 is 0 Å². The van der Waals surface area contributed by atoms with Crippen molar-refractivity contribution in [2.45, 2.75) is 24.5 Å². The van der Waals surface area contributed by atoms with Gasteiger partial charge in [-0.1, -0.05) is 0 Å². The van der Waals surface area contributed by atoms with Crippen molar-refractivity contribution < 1.29 is 90.9 Å². The van der Waals surface area contributed by atoms with Crippen LogP contribution in [0.15, 0.2) is 17.4 Å². The molecule has 2 aromatic rings. The van der Waals surface area contributed by atoms with Gasteiger partial charge in [0.25, 0.3) is 5.56 Å². The molecular formula is C10H15N4NaO14P3+. The smallest absolute Gasteiger partial charge is 0.387 e. The number of hydrogen-bond donors (Lipinski definition) is 7. The zero-order valence-electron chi connectivity index (χ0n) is 15.8. The predicted molar refractivity (Wildman–Crippen MR) is 93.9 cm³/mol. The zero-order chi connectivity index (χ0) is 23.2. The maximum atomic E-state index is 11.8. The maximum Gasteiger partial charge on any atom is 1.00 e. The third kappa shape index (κ3) is 6.61. The topological polar surface area (TPSA) is 273 Å². The minimum atomic E-state index is -5.72. The minimum Gasteiger partial charge on any atom is -0.387 e. The molecule has 0 amide bonds. The van der Waals surface area contributed by atoms with Gasteiger partial charge in [-0.15, -0.1) is 0 Å². The Hall–Kier alpha value is -0.360. The van der Waals surface area contributed by atoms with Crippen LogP contribution < -0.4 is 35.1 Å². The van der Waals surface area contributed by atoms with E-state index in [2.05, 4.69) is 28.1 Å². The van der Waals surface area contributed by atoms with E-state index in [0.717, 1.165) is 17.2 Å². The number of H-pyrrole nitrogens is 1. The molecule has 2 aromatic heterocycles. The summed E-state index contributed by atoms with van der Waals surface area (Å²) in [6, 6.07) is 0. The molecule has 0 bridgehead atoms. The van der Waals surface area contributed by atoms with E-state index in [-0.39, 0.29) is 40.7 Å². The summed E-state index contributed by atoms with van der Waals surface area (Å²) in [5.41, 5.74) is -0.681. The third-order valence-corrected chi connectivity index (χ3v) is 7.60. The van der Waals surface area contributed by atoms with Crippen molar-refractivity contribution in [1.82, 2.24) is 19.5 Å². The van der Waals surface area contributed by atoms with Crippen LogP contribution in [0.3, 0.4) is 0 Å². The molecule has 32 heavy (non-hydrogen) atoms. The summed E-state index contributed by atoms with van der Waals surface area (Å²) >= 11 is 0. The first kappa shape index (κ1) is 27.9. The Morgan fingerprint density at radius 1 is 1.06 bits per heavy atom. The van der Waals surface area contributed by atoms with Gasteiger partial charge in [-0.3, -0.25) is 13.9 Å².